The van der Waals surface area contributed by atoms with Gasteiger partial charge in [-0.15, -0.1) is 0 Å². The van der Waals surface area contributed by atoms with Gasteiger partial charge in [-0.3, -0.25) is 9.59 Å². The molecule has 2 amide bonds. The van der Waals surface area contributed by atoms with Crippen LogP contribution in [0.3, 0.4) is 0 Å². The Morgan fingerprint density at radius 2 is 2.10 bits per heavy atom. The number of para-hydroxylation sites is 1. The number of fused-ring (bicyclic) bond motifs is 3. The van der Waals surface area contributed by atoms with Crippen LogP contribution in [0.2, 0.25) is 0 Å². The molecule has 152 valence electrons. The van der Waals surface area contributed by atoms with Gasteiger partial charge in [0.05, 0.1) is 12.7 Å². The van der Waals surface area contributed by atoms with Gasteiger partial charge in [0, 0.05) is 24.8 Å². The van der Waals surface area contributed by atoms with Crippen LogP contribution >= 0.6 is 0 Å². The summed E-state index contributed by atoms with van der Waals surface area (Å²) in [5.41, 5.74) is -0.188. The van der Waals surface area contributed by atoms with Gasteiger partial charge < -0.3 is 19.7 Å². The third-order valence-electron chi connectivity index (χ3n) is 6.97. The van der Waals surface area contributed by atoms with Crippen molar-refractivity contribution in [1.29, 1.82) is 0 Å². The summed E-state index contributed by atoms with van der Waals surface area (Å²) < 4.78 is 11.2. The van der Waals surface area contributed by atoms with Crippen LogP contribution in [0.15, 0.2) is 36.4 Å². The van der Waals surface area contributed by atoms with E-state index in [2.05, 4.69) is 5.32 Å². The molecule has 3 aliphatic carbocycles. The molecule has 0 radical (unpaired) electrons. The number of hydrogen-bond acceptors (Lipinski definition) is 5. The van der Waals surface area contributed by atoms with Gasteiger partial charge in [0.1, 0.15) is 11.8 Å². The second-order valence-electron chi connectivity index (χ2n) is 8.41. The van der Waals surface area contributed by atoms with Crippen molar-refractivity contribution in [2.75, 3.05) is 13.7 Å². The fourth-order valence-corrected chi connectivity index (χ4v) is 5.55. The number of methoxy groups -OCH3 is 1. The summed E-state index contributed by atoms with van der Waals surface area (Å²) in [6.45, 7) is 0.429. The maximum absolute atomic E-state index is 13.3. The quantitative estimate of drug-likeness (QED) is 0.610. The third kappa shape index (κ3) is 2.74. The van der Waals surface area contributed by atoms with Crippen LogP contribution in [-0.2, 0) is 14.3 Å². The van der Waals surface area contributed by atoms with E-state index in [1.165, 1.54) is 7.11 Å². The average Bonchev–Trinajstić information content (AvgIpc) is 3.23. The number of nitrogens with zero attached hydrogens (tertiary/aromatic N) is 1. The molecule has 0 aromatic heterocycles. The molecule has 7 nitrogen and oxygen atoms in total. The van der Waals surface area contributed by atoms with Crippen LogP contribution < -0.4 is 10.1 Å². The Bertz CT molecular complexity index is 912. The molecule has 1 spiro atoms. The van der Waals surface area contributed by atoms with Gasteiger partial charge in [0.25, 0.3) is 5.91 Å². The van der Waals surface area contributed by atoms with Crippen LogP contribution in [-0.4, -0.2) is 48.1 Å². The first-order chi connectivity index (χ1) is 14.0. The molecular weight excluding hydrogens is 372 g/mol. The minimum Gasteiger partial charge on any atom is -0.467 e. The Kier molecular flexibility index (Phi) is 4.15. The Hall–Kier alpha value is -2.83. The number of rotatable bonds is 2. The van der Waals surface area contributed by atoms with Gasteiger partial charge in [-0.2, -0.15) is 0 Å². The first-order valence-electron chi connectivity index (χ1n) is 10.2. The van der Waals surface area contributed by atoms with Crippen molar-refractivity contribution in [3.05, 3.63) is 42.0 Å². The van der Waals surface area contributed by atoms with Gasteiger partial charge in [0.15, 0.2) is 5.72 Å². The molecule has 7 heteroatoms. The van der Waals surface area contributed by atoms with Crippen LogP contribution in [0, 0.1) is 17.8 Å². The third-order valence-corrected chi connectivity index (χ3v) is 6.97. The van der Waals surface area contributed by atoms with E-state index < -0.39 is 17.7 Å². The fourth-order valence-electron chi connectivity index (χ4n) is 5.55. The molecule has 2 bridgehead atoms. The van der Waals surface area contributed by atoms with Crippen molar-refractivity contribution in [1.82, 2.24) is 10.2 Å². The lowest BCUT2D eigenvalue weighted by atomic mass is 9.59. The second kappa shape index (κ2) is 6.61. The summed E-state index contributed by atoms with van der Waals surface area (Å²) in [5.74, 6) is 0.0893. The molecule has 1 aromatic carbocycles. The zero-order valence-corrected chi connectivity index (χ0v) is 16.3. The van der Waals surface area contributed by atoms with Gasteiger partial charge >= 0.3 is 5.97 Å². The van der Waals surface area contributed by atoms with E-state index in [1.54, 1.807) is 17.0 Å². The minimum atomic E-state index is -0.740. The second-order valence-corrected chi connectivity index (χ2v) is 8.41. The Labute approximate surface area is 169 Å². The highest BCUT2D eigenvalue weighted by Crippen LogP contribution is 2.53. The number of carbonyl (C=O) groups is 3. The molecule has 3 saturated carbocycles. The standard InChI is InChI=1S/C22H24N2O5/c1-28-21(27)17-6-4-10-24(17)20(26)16-11-14-9-8-13(16)12-22(14)23-19(25)15-5-2-3-7-18(15)29-22/h2-7,13-14,16-17H,8-12H2,1H3,(H,23,25)/t13-,14+,16-,17-,22+/m0/s1. The van der Waals surface area contributed by atoms with Crippen molar-refractivity contribution in [2.24, 2.45) is 17.8 Å². The Balaban J connectivity index is 1.37. The van der Waals surface area contributed by atoms with Gasteiger partial charge in [0.2, 0.25) is 5.91 Å². The van der Waals surface area contributed by atoms with Crippen LogP contribution in [0.25, 0.3) is 0 Å². The van der Waals surface area contributed by atoms with Crippen molar-refractivity contribution in [2.45, 2.75) is 37.5 Å². The zero-order valence-electron chi connectivity index (χ0n) is 16.3. The summed E-state index contributed by atoms with van der Waals surface area (Å²) in [5, 5.41) is 3.11. The smallest absolute Gasteiger partial charge is 0.332 e. The van der Waals surface area contributed by atoms with Crippen molar-refractivity contribution < 1.29 is 23.9 Å². The van der Waals surface area contributed by atoms with E-state index in [-0.39, 0.29) is 29.6 Å². The largest absolute Gasteiger partial charge is 0.467 e. The average molecular weight is 396 g/mol. The van der Waals surface area contributed by atoms with Gasteiger partial charge in [-0.25, -0.2) is 4.79 Å². The number of hydrogen-bond donors (Lipinski definition) is 1. The summed E-state index contributed by atoms with van der Waals surface area (Å²) >= 11 is 0. The normalized spacial score (nSPS) is 34.5. The predicted molar refractivity (Wildman–Crippen MR) is 103 cm³/mol. The molecule has 2 aliphatic heterocycles. The molecule has 2 heterocycles. The summed E-state index contributed by atoms with van der Waals surface area (Å²) in [6.07, 6.45) is 6.66. The molecule has 5 aliphatic rings. The highest BCUT2D eigenvalue weighted by atomic mass is 16.5. The molecule has 5 atom stereocenters. The molecular formula is C22H24N2O5. The molecule has 0 unspecified atom stereocenters. The van der Waals surface area contributed by atoms with Crippen LogP contribution in [0.5, 0.6) is 5.75 Å². The Morgan fingerprint density at radius 1 is 1.28 bits per heavy atom. The molecule has 3 fully saturated rings. The molecule has 29 heavy (non-hydrogen) atoms. The van der Waals surface area contributed by atoms with Crippen LogP contribution in [0.1, 0.15) is 36.0 Å². The first-order valence-corrected chi connectivity index (χ1v) is 10.2. The molecule has 6 rings (SSSR count). The summed E-state index contributed by atoms with van der Waals surface area (Å²) in [4.78, 5) is 39.6. The van der Waals surface area contributed by atoms with E-state index in [4.69, 9.17) is 9.47 Å². The number of amides is 2. The number of benzene rings is 1. The lowest BCUT2D eigenvalue weighted by molar-refractivity contribution is -0.161. The molecule has 0 saturated heterocycles. The van der Waals surface area contributed by atoms with E-state index in [0.717, 1.165) is 12.8 Å². The number of nitrogens with one attached hydrogen (secondary N) is 1. The topological polar surface area (TPSA) is 84.9 Å². The molecule has 1 aromatic rings. The van der Waals surface area contributed by atoms with E-state index in [9.17, 15) is 14.4 Å². The Morgan fingerprint density at radius 3 is 2.86 bits per heavy atom. The van der Waals surface area contributed by atoms with Crippen molar-refractivity contribution >= 4 is 17.8 Å². The van der Waals surface area contributed by atoms with E-state index >= 15 is 0 Å². The summed E-state index contributed by atoms with van der Waals surface area (Å²) in [7, 11) is 1.34. The number of carbonyl (C=O) groups excluding carboxylic acids is 3. The highest BCUT2D eigenvalue weighted by Gasteiger charge is 2.57. The lowest BCUT2D eigenvalue weighted by Gasteiger charge is -2.55. The molecule has 1 N–H and O–H groups in total. The monoisotopic (exact) mass is 396 g/mol. The number of ether oxygens (including phenoxy) is 2. The van der Waals surface area contributed by atoms with Crippen molar-refractivity contribution in [3.63, 3.8) is 0 Å². The maximum Gasteiger partial charge on any atom is 0.332 e. The number of esters is 1. The minimum absolute atomic E-state index is 0.00233. The van der Waals surface area contributed by atoms with Gasteiger partial charge in [-0.05, 0) is 37.3 Å². The first kappa shape index (κ1) is 18.2. The fraction of sp³-hybridized carbons (Fsp3) is 0.500. The summed E-state index contributed by atoms with van der Waals surface area (Å²) in [6, 6.07) is 6.64. The van der Waals surface area contributed by atoms with E-state index in [1.807, 2.05) is 24.3 Å². The van der Waals surface area contributed by atoms with E-state index in [0.29, 0.717) is 30.7 Å². The lowest BCUT2D eigenvalue weighted by Crippen LogP contribution is -2.67. The van der Waals surface area contributed by atoms with Crippen molar-refractivity contribution in [3.8, 4) is 5.75 Å². The van der Waals surface area contributed by atoms with Crippen LogP contribution in [0.4, 0.5) is 0 Å². The zero-order chi connectivity index (χ0) is 20.2. The highest BCUT2D eigenvalue weighted by molar-refractivity contribution is 5.98. The maximum atomic E-state index is 13.3. The predicted octanol–water partition coefficient (Wildman–Crippen LogP) is 1.88. The SMILES string of the molecule is COC(=O)[C@@H]1C=CCN1C(=O)[C@H]1C[C@H]2CC[C@H]1C[C@]21NC(=O)c2ccccc2O1. The van der Waals surface area contributed by atoms with Gasteiger partial charge in [-0.1, -0.05) is 24.3 Å².